The molecule has 21 heavy (non-hydrogen) atoms. The normalized spacial score (nSPS) is 13.1. The van der Waals surface area contributed by atoms with Gasteiger partial charge in [-0.05, 0) is 23.6 Å². The second-order valence-electron chi connectivity index (χ2n) is 4.81. The van der Waals surface area contributed by atoms with Crippen molar-refractivity contribution in [3.05, 3.63) is 29.8 Å². The summed E-state index contributed by atoms with van der Waals surface area (Å²) < 4.78 is 28.0. The van der Waals surface area contributed by atoms with Crippen molar-refractivity contribution < 1.29 is 18.3 Å². The summed E-state index contributed by atoms with van der Waals surface area (Å²) in [6, 6.07) is 6.78. The molecule has 0 aliphatic rings. The topological polar surface area (TPSA) is 86.7 Å². The molecule has 0 amide bonds. The van der Waals surface area contributed by atoms with Gasteiger partial charge in [-0.3, -0.25) is 9.52 Å². The van der Waals surface area contributed by atoms with Crippen molar-refractivity contribution >= 4 is 21.9 Å². The van der Waals surface area contributed by atoms with Gasteiger partial charge in [-0.2, -0.15) is 12.7 Å². The van der Waals surface area contributed by atoms with Gasteiger partial charge in [0.25, 0.3) is 0 Å². The first kappa shape index (κ1) is 17.5. The van der Waals surface area contributed by atoms with Crippen LogP contribution in [0.5, 0.6) is 0 Å². The van der Waals surface area contributed by atoms with Crippen LogP contribution in [0.1, 0.15) is 38.7 Å². The van der Waals surface area contributed by atoms with Crippen LogP contribution in [0.25, 0.3) is 0 Å². The van der Waals surface area contributed by atoms with Gasteiger partial charge in [0.1, 0.15) is 0 Å². The van der Waals surface area contributed by atoms with E-state index in [1.807, 2.05) is 6.92 Å². The minimum Gasteiger partial charge on any atom is -0.481 e. The molecule has 0 fully saturated rings. The van der Waals surface area contributed by atoms with Crippen LogP contribution >= 0.6 is 0 Å². The van der Waals surface area contributed by atoms with Crippen LogP contribution in [-0.2, 0) is 15.0 Å². The first-order valence-corrected chi connectivity index (χ1v) is 8.33. The van der Waals surface area contributed by atoms with Crippen molar-refractivity contribution in [2.24, 2.45) is 0 Å². The summed E-state index contributed by atoms with van der Waals surface area (Å²) >= 11 is 0. The minimum absolute atomic E-state index is 0.0462. The Morgan fingerprint density at radius 1 is 1.24 bits per heavy atom. The number of hydrogen-bond donors (Lipinski definition) is 2. The second kappa shape index (κ2) is 7.42. The van der Waals surface area contributed by atoms with Crippen LogP contribution in [0.15, 0.2) is 24.3 Å². The van der Waals surface area contributed by atoms with Crippen molar-refractivity contribution in [2.45, 2.75) is 33.1 Å². The van der Waals surface area contributed by atoms with E-state index in [0.29, 0.717) is 18.8 Å². The molecule has 0 spiro atoms. The molecule has 0 bridgehead atoms. The van der Waals surface area contributed by atoms with Crippen molar-refractivity contribution in [3.8, 4) is 0 Å². The van der Waals surface area contributed by atoms with Gasteiger partial charge in [0.2, 0.25) is 0 Å². The fraction of sp³-hybridized carbons (Fsp3) is 0.500. The average Bonchev–Trinajstić information content (AvgIpc) is 2.39. The molecular formula is C14H22N2O4S. The van der Waals surface area contributed by atoms with E-state index in [2.05, 4.69) is 4.72 Å². The van der Waals surface area contributed by atoms with Crippen molar-refractivity contribution in [2.75, 3.05) is 17.8 Å². The van der Waals surface area contributed by atoms with Gasteiger partial charge in [-0.15, -0.1) is 0 Å². The number of anilines is 1. The van der Waals surface area contributed by atoms with Gasteiger partial charge in [-0.25, -0.2) is 0 Å². The molecule has 1 rings (SSSR count). The Hall–Kier alpha value is -1.60. The number of benzene rings is 1. The van der Waals surface area contributed by atoms with E-state index >= 15 is 0 Å². The van der Waals surface area contributed by atoms with Gasteiger partial charge < -0.3 is 5.11 Å². The Balaban J connectivity index is 2.81. The van der Waals surface area contributed by atoms with Gasteiger partial charge in [0, 0.05) is 18.8 Å². The van der Waals surface area contributed by atoms with Gasteiger partial charge >= 0.3 is 16.2 Å². The first-order valence-electron chi connectivity index (χ1n) is 6.89. The number of hydrogen-bond acceptors (Lipinski definition) is 3. The maximum Gasteiger partial charge on any atom is 0.303 e. The third kappa shape index (κ3) is 5.02. The van der Waals surface area contributed by atoms with E-state index in [9.17, 15) is 13.2 Å². The lowest BCUT2D eigenvalue weighted by Crippen LogP contribution is -2.35. The molecule has 0 saturated heterocycles. The highest BCUT2D eigenvalue weighted by Gasteiger charge is 2.18. The van der Waals surface area contributed by atoms with Gasteiger partial charge in [-0.1, -0.05) is 32.9 Å². The van der Waals surface area contributed by atoms with E-state index in [1.165, 1.54) is 4.31 Å². The number of carboxylic acids is 1. The summed E-state index contributed by atoms with van der Waals surface area (Å²) in [5, 5.41) is 8.77. The summed E-state index contributed by atoms with van der Waals surface area (Å²) in [6.07, 6.45) is 0.0462. The number of nitrogens with zero attached hydrogens (tertiary/aromatic N) is 1. The number of rotatable bonds is 8. The van der Waals surface area contributed by atoms with Crippen LogP contribution in [-0.4, -0.2) is 36.9 Å². The Kier molecular flexibility index (Phi) is 6.17. The molecule has 1 unspecified atom stereocenters. The van der Waals surface area contributed by atoms with E-state index < -0.39 is 16.2 Å². The minimum atomic E-state index is -3.54. The smallest absolute Gasteiger partial charge is 0.303 e. The SMILES string of the molecule is CCN(CC)S(=O)(=O)Nc1ccc(C(C)CC(=O)O)cc1. The van der Waals surface area contributed by atoms with Crippen LogP contribution in [0, 0.1) is 0 Å². The lowest BCUT2D eigenvalue weighted by molar-refractivity contribution is -0.137. The van der Waals surface area contributed by atoms with E-state index in [1.54, 1.807) is 38.1 Å². The Bertz CT molecular complexity index is 565. The largest absolute Gasteiger partial charge is 0.481 e. The summed E-state index contributed by atoms with van der Waals surface area (Å²) in [7, 11) is -3.54. The first-order chi connectivity index (χ1) is 9.80. The van der Waals surface area contributed by atoms with Crippen LogP contribution in [0.4, 0.5) is 5.69 Å². The van der Waals surface area contributed by atoms with Crippen LogP contribution in [0.2, 0.25) is 0 Å². The van der Waals surface area contributed by atoms with Gasteiger partial charge in [0.15, 0.2) is 0 Å². The molecule has 0 aliphatic heterocycles. The molecule has 1 aromatic carbocycles. The summed E-state index contributed by atoms with van der Waals surface area (Å²) in [5.74, 6) is -0.968. The third-order valence-corrected chi connectivity index (χ3v) is 4.94. The summed E-state index contributed by atoms with van der Waals surface area (Å²) in [6.45, 7) is 6.18. The summed E-state index contributed by atoms with van der Waals surface area (Å²) in [4.78, 5) is 10.7. The molecular weight excluding hydrogens is 292 g/mol. The molecule has 0 radical (unpaired) electrons. The second-order valence-corrected chi connectivity index (χ2v) is 6.48. The number of nitrogens with one attached hydrogen (secondary N) is 1. The molecule has 1 atom stereocenters. The van der Waals surface area contributed by atoms with Crippen LogP contribution < -0.4 is 4.72 Å². The Morgan fingerprint density at radius 3 is 2.19 bits per heavy atom. The third-order valence-electron chi connectivity index (χ3n) is 3.25. The molecule has 0 heterocycles. The molecule has 0 aromatic heterocycles. The van der Waals surface area contributed by atoms with Crippen molar-refractivity contribution in [3.63, 3.8) is 0 Å². The molecule has 2 N–H and O–H groups in total. The molecule has 0 saturated carbocycles. The zero-order valence-electron chi connectivity index (χ0n) is 12.5. The van der Waals surface area contributed by atoms with E-state index in [4.69, 9.17) is 5.11 Å². The molecule has 1 aromatic rings. The van der Waals surface area contributed by atoms with Crippen molar-refractivity contribution in [1.29, 1.82) is 0 Å². The highest BCUT2D eigenvalue weighted by Crippen LogP contribution is 2.21. The zero-order valence-corrected chi connectivity index (χ0v) is 13.4. The maximum absolute atomic E-state index is 12.1. The maximum atomic E-state index is 12.1. The fourth-order valence-corrected chi connectivity index (χ4v) is 3.28. The number of aliphatic carboxylic acids is 1. The fourth-order valence-electron chi connectivity index (χ4n) is 2.04. The Morgan fingerprint density at radius 2 is 1.76 bits per heavy atom. The highest BCUT2D eigenvalue weighted by atomic mass is 32.2. The zero-order chi connectivity index (χ0) is 16.0. The number of carboxylic acid groups (broad SMARTS) is 1. The summed E-state index contributed by atoms with van der Waals surface area (Å²) in [5.41, 5.74) is 1.33. The predicted octanol–water partition coefficient (Wildman–Crippen LogP) is 2.26. The predicted molar refractivity (Wildman–Crippen MR) is 82.6 cm³/mol. The highest BCUT2D eigenvalue weighted by molar-refractivity contribution is 7.90. The Labute approximate surface area is 126 Å². The van der Waals surface area contributed by atoms with Crippen LogP contribution in [0.3, 0.4) is 0 Å². The standard InChI is InChI=1S/C14H22N2O4S/c1-4-16(5-2)21(19,20)15-13-8-6-12(7-9-13)11(3)10-14(17)18/h6-9,11,15H,4-5,10H2,1-3H3,(H,17,18). The van der Waals surface area contributed by atoms with E-state index in [-0.39, 0.29) is 12.3 Å². The van der Waals surface area contributed by atoms with Crippen molar-refractivity contribution in [1.82, 2.24) is 4.31 Å². The molecule has 118 valence electrons. The molecule has 7 heteroatoms. The quantitative estimate of drug-likeness (QED) is 0.770. The lowest BCUT2D eigenvalue weighted by atomic mass is 9.98. The monoisotopic (exact) mass is 314 g/mol. The number of carbonyl (C=O) groups is 1. The molecule has 6 nitrogen and oxygen atoms in total. The van der Waals surface area contributed by atoms with Gasteiger partial charge in [0.05, 0.1) is 6.42 Å². The lowest BCUT2D eigenvalue weighted by Gasteiger charge is -2.19. The average molecular weight is 314 g/mol. The molecule has 0 aliphatic carbocycles. The van der Waals surface area contributed by atoms with E-state index in [0.717, 1.165) is 5.56 Å².